The molecule has 0 radical (unpaired) electrons. The van der Waals surface area contributed by atoms with Crippen LogP contribution in [0.15, 0.2) is 67.1 Å². The van der Waals surface area contributed by atoms with Gasteiger partial charge in [0.15, 0.2) is 0 Å². The number of halogens is 1. The first-order valence-corrected chi connectivity index (χ1v) is 9.69. The molecule has 0 aliphatic heterocycles. The number of carbonyl (C=O) groups is 1. The van der Waals surface area contributed by atoms with E-state index < -0.39 is 5.91 Å². The number of benzene rings is 2. The molecule has 3 heterocycles. The molecule has 0 bridgehead atoms. The van der Waals surface area contributed by atoms with E-state index in [0.29, 0.717) is 21.6 Å². The number of pyridine rings is 2. The minimum absolute atomic E-state index is 0.373. The molecule has 7 heteroatoms. The van der Waals surface area contributed by atoms with Gasteiger partial charge in [0.25, 0.3) is 5.91 Å². The van der Waals surface area contributed by atoms with Gasteiger partial charge in [-0.15, -0.1) is 0 Å². The van der Waals surface area contributed by atoms with Gasteiger partial charge in [0, 0.05) is 24.0 Å². The fourth-order valence-electron chi connectivity index (χ4n) is 3.82. The second-order valence-corrected chi connectivity index (χ2v) is 7.36. The van der Waals surface area contributed by atoms with Crippen molar-refractivity contribution in [3.05, 3.63) is 83.5 Å². The highest BCUT2D eigenvalue weighted by atomic mass is 35.5. The number of primary amides is 1. The van der Waals surface area contributed by atoms with E-state index in [4.69, 9.17) is 17.3 Å². The molecule has 0 atom stereocenters. The highest BCUT2D eigenvalue weighted by Crippen LogP contribution is 2.33. The second kappa shape index (κ2) is 6.93. The lowest BCUT2D eigenvalue weighted by Crippen LogP contribution is -2.12. The van der Waals surface area contributed by atoms with Gasteiger partial charge in [0.05, 0.1) is 27.3 Å². The zero-order valence-corrected chi connectivity index (χ0v) is 16.8. The number of carbonyl (C=O) groups excluding carboxylic acids is 1. The molecule has 2 N–H and O–H groups in total. The number of nitrogens with zero attached hydrogens (tertiary/aromatic N) is 4. The quantitative estimate of drug-likeness (QED) is 0.464. The average Bonchev–Trinajstić information content (AvgIpc) is 3.09. The molecule has 0 saturated carbocycles. The van der Waals surface area contributed by atoms with E-state index in [-0.39, 0.29) is 0 Å². The number of para-hydroxylation sites is 1. The van der Waals surface area contributed by atoms with Crippen molar-refractivity contribution < 1.29 is 4.79 Å². The Morgan fingerprint density at radius 3 is 2.57 bits per heavy atom. The van der Waals surface area contributed by atoms with Crippen LogP contribution in [0.25, 0.3) is 38.8 Å². The van der Waals surface area contributed by atoms with E-state index in [0.717, 1.165) is 33.5 Å². The molecule has 0 spiro atoms. The first-order valence-electron chi connectivity index (χ1n) is 9.31. The van der Waals surface area contributed by atoms with Crippen LogP contribution in [0.5, 0.6) is 0 Å². The van der Waals surface area contributed by atoms with E-state index in [9.17, 15) is 4.79 Å². The Morgan fingerprint density at radius 2 is 1.80 bits per heavy atom. The smallest absolute Gasteiger partial charge is 0.250 e. The van der Waals surface area contributed by atoms with Crippen LogP contribution in [0, 0.1) is 6.92 Å². The summed E-state index contributed by atoms with van der Waals surface area (Å²) in [4.78, 5) is 25.4. The first-order chi connectivity index (χ1) is 14.5. The van der Waals surface area contributed by atoms with Crippen molar-refractivity contribution in [1.29, 1.82) is 0 Å². The summed E-state index contributed by atoms with van der Waals surface area (Å²) in [6.45, 7) is 1.90. The van der Waals surface area contributed by atoms with Crippen LogP contribution < -0.4 is 5.73 Å². The molecule has 6 nitrogen and oxygen atoms in total. The molecule has 30 heavy (non-hydrogen) atoms. The number of imidazole rings is 1. The molecule has 0 saturated heterocycles. The van der Waals surface area contributed by atoms with Crippen molar-refractivity contribution in [2.24, 2.45) is 5.73 Å². The van der Waals surface area contributed by atoms with Crippen molar-refractivity contribution in [1.82, 2.24) is 19.5 Å². The summed E-state index contributed by atoms with van der Waals surface area (Å²) in [5.41, 5.74) is 10.8. The Kier molecular flexibility index (Phi) is 4.22. The molecule has 146 valence electrons. The zero-order valence-electron chi connectivity index (χ0n) is 16.0. The van der Waals surface area contributed by atoms with Crippen LogP contribution in [0.4, 0.5) is 0 Å². The predicted molar refractivity (Wildman–Crippen MR) is 118 cm³/mol. The van der Waals surface area contributed by atoms with E-state index in [1.807, 2.05) is 54.0 Å². The summed E-state index contributed by atoms with van der Waals surface area (Å²) in [5, 5.41) is 1.47. The van der Waals surface area contributed by atoms with Crippen molar-refractivity contribution in [3.63, 3.8) is 0 Å². The minimum Gasteiger partial charge on any atom is -0.366 e. The Balaban J connectivity index is 1.89. The molecule has 0 aliphatic carbocycles. The summed E-state index contributed by atoms with van der Waals surface area (Å²) >= 11 is 6.37. The fourth-order valence-corrected chi connectivity index (χ4v) is 4.04. The predicted octanol–water partition coefficient (Wildman–Crippen LogP) is 4.70. The fraction of sp³-hybridized carbons (Fsp3) is 0.0435. The number of rotatable bonds is 3. The van der Waals surface area contributed by atoms with Gasteiger partial charge in [-0.05, 0) is 54.4 Å². The summed E-state index contributed by atoms with van der Waals surface area (Å²) in [6.07, 6.45) is 5.14. The molecule has 3 aromatic heterocycles. The Morgan fingerprint density at radius 1 is 1.00 bits per heavy atom. The van der Waals surface area contributed by atoms with Gasteiger partial charge < -0.3 is 5.73 Å². The van der Waals surface area contributed by atoms with Crippen LogP contribution in [0.1, 0.15) is 16.2 Å². The van der Waals surface area contributed by atoms with Gasteiger partial charge in [-0.2, -0.15) is 0 Å². The maximum atomic E-state index is 12.2. The van der Waals surface area contributed by atoms with Crippen LogP contribution in [0.2, 0.25) is 5.02 Å². The van der Waals surface area contributed by atoms with Gasteiger partial charge >= 0.3 is 0 Å². The van der Waals surface area contributed by atoms with Crippen molar-refractivity contribution in [3.8, 4) is 16.8 Å². The number of nitrogens with two attached hydrogens (primary N) is 1. The molecule has 1 amide bonds. The third-order valence-electron chi connectivity index (χ3n) is 5.15. The topological polar surface area (TPSA) is 86.7 Å². The van der Waals surface area contributed by atoms with Crippen molar-refractivity contribution in [2.75, 3.05) is 0 Å². The minimum atomic E-state index is -0.525. The van der Waals surface area contributed by atoms with Gasteiger partial charge in [-0.1, -0.05) is 23.7 Å². The summed E-state index contributed by atoms with van der Waals surface area (Å²) < 4.78 is 2.01. The molecule has 0 unspecified atom stereocenters. The standard InChI is InChI=1S/C23H16ClN5O/c1-13-28-22-17(23(25)30)11-15(14-5-8-26-9-6-14)12-20(22)29(13)19-7-10-27-21-16(19)3-2-4-18(21)24/h2-12H,1H3,(H2,25,30). The zero-order chi connectivity index (χ0) is 20.8. The highest BCUT2D eigenvalue weighted by Gasteiger charge is 2.19. The largest absolute Gasteiger partial charge is 0.366 e. The number of aryl methyl sites for hydroxylation is 1. The van der Waals surface area contributed by atoms with Crippen LogP contribution in [-0.4, -0.2) is 25.4 Å². The first kappa shape index (κ1) is 18.3. The van der Waals surface area contributed by atoms with Crippen molar-refractivity contribution >= 4 is 39.4 Å². The average molecular weight is 414 g/mol. The van der Waals surface area contributed by atoms with E-state index in [2.05, 4.69) is 15.0 Å². The maximum Gasteiger partial charge on any atom is 0.250 e. The Labute approximate surface area is 177 Å². The third-order valence-corrected chi connectivity index (χ3v) is 5.45. The Hall–Kier alpha value is -3.77. The lowest BCUT2D eigenvalue weighted by atomic mass is 10.0. The molecule has 2 aromatic carbocycles. The number of amides is 1. The molecular formula is C23H16ClN5O. The molecule has 5 rings (SSSR count). The van der Waals surface area contributed by atoms with Gasteiger partial charge in [-0.3, -0.25) is 19.3 Å². The van der Waals surface area contributed by atoms with Gasteiger partial charge in [0.1, 0.15) is 11.3 Å². The monoisotopic (exact) mass is 413 g/mol. The number of hydrogen-bond acceptors (Lipinski definition) is 4. The van der Waals surface area contributed by atoms with Crippen molar-refractivity contribution in [2.45, 2.75) is 6.92 Å². The number of aromatic nitrogens is 4. The summed E-state index contributed by atoms with van der Waals surface area (Å²) in [5.74, 6) is 0.204. The van der Waals surface area contributed by atoms with Crippen LogP contribution in [0.3, 0.4) is 0 Å². The molecule has 0 fully saturated rings. The lowest BCUT2D eigenvalue weighted by molar-refractivity contribution is 0.100. The maximum absolute atomic E-state index is 12.2. The number of fused-ring (bicyclic) bond motifs is 2. The number of hydrogen-bond donors (Lipinski definition) is 1. The van der Waals surface area contributed by atoms with E-state index in [1.165, 1.54) is 0 Å². The summed E-state index contributed by atoms with van der Waals surface area (Å²) in [6, 6.07) is 15.1. The summed E-state index contributed by atoms with van der Waals surface area (Å²) in [7, 11) is 0. The molecular weight excluding hydrogens is 398 g/mol. The Bertz CT molecular complexity index is 1440. The van der Waals surface area contributed by atoms with Gasteiger partial charge in [-0.25, -0.2) is 4.98 Å². The third kappa shape index (κ3) is 2.81. The highest BCUT2D eigenvalue weighted by molar-refractivity contribution is 6.35. The molecule has 5 aromatic rings. The lowest BCUT2D eigenvalue weighted by Gasteiger charge is -2.12. The van der Waals surface area contributed by atoms with E-state index >= 15 is 0 Å². The molecule has 0 aliphatic rings. The van der Waals surface area contributed by atoms with E-state index in [1.54, 1.807) is 24.7 Å². The normalized spacial score (nSPS) is 11.3. The van der Waals surface area contributed by atoms with Gasteiger partial charge in [0.2, 0.25) is 0 Å². The van der Waals surface area contributed by atoms with Crippen LogP contribution in [-0.2, 0) is 0 Å². The van der Waals surface area contributed by atoms with Crippen LogP contribution >= 0.6 is 11.6 Å². The second-order valence-electron chi connectivity index (χ2n) is 6.95. The SMILES string of the molecule is Cc1nc2c(C(N)=O)cc(-c3ccncc3)cc2n1-c1ccnc2c(Cl)cccc12.